The summed E-state index contributed by atoms with van der Waals surface area (Å²) in [4.78, 5) is 4.20. The fourth-order valence-electron chi connectivity index (χ4n) is 1.26. The Morgan fingerprint density at radius 3 is 2.71 bits per heavy atom. The Bertz CT molecular complexity index is 480. The van der Waals surface area contributed by atoms with Gasteiger partial charge < -0.3 is 10.5 Å². The first-order valence-electron chi connectivity index (χ1n) is 5.20. The molecule has 1 heterocycles. The van der Waals surface area contributed by atoms with E-state index in [1.54, 1.807) is 24.3 Å². The van der Waals surface area contributed by atoms with Gasteiger partial charge in [-0.25, -0.2) is 4.98 Å². The van der Waals surface area contributed by atoms with E-state index in [1.807, 2.05) is 6.92 Å². The zero-order valence-corrected chi connectivity index (χ0v) is 10.1. The maximum atomic E-state index is 5.77. The van der Waals surface area contributed by atoms with Crippen LogP contribution in [-0.2, 0) is 6.61 Å². The summed E-state index contributed by atoms with van der Waals surface area (Å²) in [6.07, 6.45) is 0. The topological polar surface area (TPSA) is 76.8 Å². The van der Waals surface area contributed by atoms with E-state index >= 15 is 0 Å². The third kappa shape index (κ3) is 3.18. The number of rotatable bonds is 4. The highest BCUT2D eigenvalue weighted by molar-refractivity contribution is 6.30. The molecule has 0 spiro atoms. The molecule has 6 heteroatoms. The number of nitrogens with zero attached hydrogens (tertiary/aromatic N) is 2. The van der Waals surface area contributed by atoms with Gasteiger partial charge in [0.15, 0.2) is 11.6 Å². The molecular formula is C11H13ClN4O. The van der Waals surface area contributed by atoms with Gasteiger partial charge >= 0.3 is 0 Å². The van der Waals surface area contributed by atoms with Crippen molar-refractivity contribution in [2.24, 2.45) is 5.73 Å². The molecule has 1 unspecified atom stereocenters. The van der Waals surface area contributed by atoms with E-state index in [1.165, 1.54) is 0 Å². The van der Waals surface area contributed by atoms with Crippen molar-refractivity contribution in [3.05, 3.63) is 40.9 Å². The van der Waals surface area contributed by atoms with Crippen LogP contribution in [0.2, 0.25) is 5.02 Å². The number of benzene rings is 1. The van der Waals surface area contributed by atoms with E-state index in [9.17, 15) is 0 Å². The Hall–Kier alpha value is -1.59. The summed E-state index contributed by atoms with van der Waals surface area (Å²) in [5.41, 5.74) is 5.65. The highest BCUT2D eigenvalue weighted by atomic mass is 35.5. The number of H-pyrrole nitrogens is 1. The van der Waals surface area contributed by atoms with Gasteiger partial charge in [0.2, 0.25) is 0 Å². The lowest BCUT2D eigenvalue weighted by molar-refractivity contribution is 0.296. The molecule has 0 aliphatic carbocycles. The fourth-order valence-corrected chi connectivity index (χ4v) is 1.39. The van der Waals surface area contributed by atoms with Crippen LogP contribution in [0.3, 0.4) is 0 Å². The zero-order chi connectivity index (χ0) is 12.3. The van der Waals surface area contributed by atoms with E-state index in [4.69, 9.17) is 22.1 Å². The van der Waals surface area contributed by atoms with Gasteiger partial charge in [-0.2, -0.15) is 5.10 Å². The third-order valence-electron chi connectivity index (χ3n) is 2.15. The van der Waals surface area contributed by atoms with Crippen LogP contribution in [0.5, 0.6) is 5.75 Å². The zero-order valence-electron chi connectivity index (χ0n) is 9.35. The summed E-state index contributed by atoms with van der Waals surface area (Å²) in [5, 5.41) is 7.43. The average molecular weight is 253 g/mol. The predicted octanol–water partition coefficient (Wildman–Crippen LogP) is 2.06. The van der Waals surface area contributed by atoms with Crippen LogP contribution in [0.15, 0.2) is 24.3 Å². The molecule has 90 valence electrons. The lowest BCUT2D eigenvalue weighted by atomic mass is 10.3. The average Bonchev–Trinajstić information content (AvgIpc) is 2.77. The molecule has 2 rings (SSSR count). The van der Waals surface area contributed by atoms with Gasteiger partial charge in [-0.05, 0) is 31.2 Å². The van der Waals surface area contributed by atoms with E-state index < -0.39 is 0 Å². The molecule has 0 aliphatic rings. The number of halogens is 1. The van der Waals surface area contributed by atoms with Crippen molar-refractivity contribution < 1.29 is 4.74 Å². The Morgan fingerprint density at radius 2 is 2.12 bits per heavy atom. The molecule has 0 radical (unpaired) electrons. The Kier molecular flexibility index (Phi) is 3.61. The minimum absolute atomic E-state index is 0.185. The molecule has 0 saturated heterocycles. The quantitative estimate of drug-likeness (QED) is 0.873. The highest BCUT2D eigenvalue weighted by Crippen LogP contribution is 2.16. The molecular weight excluding hydrogens is 240 g/mol. The van der Waals surface area contributed by atoms with Crippen LogP contribution in [-0.4, -0.2) is 15.2 Å². The van der Waals surface area contributed by atoms with Crippen molar-refractivity contribution in [1.82, 2.24) is 15.2 Å². The normalized spacial score (nSPS) is 12.4. The molecule has 0 aliphatic heterocycles. The summed E-state index contributed by atoms with van der Waals surface area (Å²) in [6.45, 7) is 2.15. The Morgan fingerprint density at radius 1 is 1.41 bits per heavy atom. The standard InChI is InChI=1S/C11H13ClN4O/c1-7(13)11-14-10(15-16-11)6-17-9-4-2-8(12)3-5-9/h2-5,7H,6,13H2,1H3,(H,14,15,16). The maximum Gasteiger partial charge on any atom is 0.167 e. The first kappa shape index (κ1) is 11.9. The van der Waals surface area contributed by atoms with Crippen molar-refractivity contribution in [3.8, 4) is 5.75 Å². The second-order valence-electron chi connectivity index (χ2n) is 3.67. The van der Waals surface area contributed by atoms with Crippen molar-refractivity contribution in [2.45, 2.75) is 19.6 Å². The van der Waals surface area contributed by atoms with Gasteiger partial charge in [-0.3, -0.25) is 5.10 Å². The number of nitrogens with two attached hydrogens (primary N) is 1. The number of hydrogen-bond donors (Lipinski definition) is 2. The Labute approximate surface area is 104 Å². The summed E-state index contributed by atoms with van der Waals surface area (Å²) >= 11 is 5.77. The smallest absolute Gasteiger partial charge is 0.167 e. The van der Waals surface area contributed by atoms with Crippen molar-refractivity contribution in [3.63, 3.8) is 0 Å². The summed E-state index contributed by atoms with van der Waals surface area (Å²) in [7, 11) is 0. The lowest BCUT2D eigenvalue weighted by Crippen LogP contribution is -2.07. The van der Waals surface area contributed by atoms with Gasteiger partial charge in [0, 0.05) is 5.02 Å². The van der Waals surface area contributed by atoms with Crippen molar-refractivity contribution in [2.75, 3.05) is 0 Å². The number of nitrogens with one attached hydrogen (secondary N) is 1. The molecule has 1 aromatic heterocycles. The maximum absolute atomic E-state index is 5.77. The minimum Gasteiger partial charge on any atom is -0.486 e. The number of hydrogen-bond acceptors (Lipinski definition) is 4. The van der Waals surface area contributed by atoms with Crippen LogP contribution in [0.1, 0.15) is 24.6 Å². The van der Waals surface area contributed by atoms with Gasteiger partial charge in [0.05, 0.1) is 6.04 Å². The molecule has 0 amide bonds. The second kappa shape index (κ2) is 5.16. The molecule has 17 heavy (non-hydrogen) atoms. The lowest BCUT2D eigenvalue weighted by Gasteiger charge is -2.03. The summed E-state index contributed by atoms with van der Waals surface area (Å²) in [6, 6.07) is 6.95. The van der Waals surface area contributed by atoms with E-state index in [0.29, 0.717) is 23.3 Å². The molecule has 0 bridgehead atoms. The van der Waals surface area contributed by atoms with Gasteiger partial charge in [-0.15, -0.1) is 0 Å². The highest BCUT2D eigenvalue weighted by Gasteiger charge is 2.07. The SMILES string of the molecule is CC(N)c1n[nH]c(COc2ccc(Cl)cc2)n1. The number of aromatic nitrogens is 3. The summed E-state index contributed by atoms with van der Waals surface area (Å²) in [5.74, 6) is 1.96. The van der Waals surface area contributed by atoms with Crippen LogP contribution in [0, 0.1) is 0 Å². The largest absolute Gasteiger partial charge is 0.486 e. The van der Waals surface area contributed by atoms with E-state index in [2.05, 4.69) is 15.2 Å². The molecule has 1 atom stereocenters. The molecule has 3 N–H and O–H groups in total. The van der Waals surface area contributed by atoms with E-state index in [-0.39, 0.29) is 6.04 Å². The van der Waals surface area contributed by atoms with Crippen LogP contribution < -0.4 is 10.5 Å². The monoisotopic (exact) mass is 252 g/mol. The first-order chi connectivity index (χ1) is 8.15. The van der Waals surface area contributed by atoms with Crippen LogP contribution in [0.25, 0.3) is 0 Å². The van der Waals surface area contributed by atoms with Crippen molar-refractivity contribution >= 4 is 11.6 Å². The van der Waals surface area contributed by atoms with Gasteiger partial charge in [-0.1, -0.05) is 11.6 Å². The third-order valence-corrected chi connectivity index (χ3v) is 2.40. The molecule has 1 aromatic carbocycles. The number of aromatic amines is 1. The van der Waals surface area contributed by atoms with Gasteiger partial charge in [0.25, 0.3) is 0 Å². The van der Waals surface area contributed by atoms with Crippen LogP contribution >= 0.6 is 11.6 Å². The molecule has 0 saturated carbocycles. The van der Waals surface area contributed by atoms with Crippen LogP contribution in [0.4, 0.5) is 0 Å². The summed E-state index contributed by atoms with van der Waals surface area (Å²) < 4.78 is 5.51. The minimum atomic E-state index is -0.185. The van der Waals surface area contributed by atoms with Gasteiger partial charge in [0.1, 0.15) is 12.4 Å². The predicted molar refractivity (Wildman–Crippen MR) is 64.8 cm³/mol. The molecule has 5 nitrogen and oxygen atoms in total. The Balaban J connectivity index is 1.95. The molecule has 2 aromatic rings. The second-order valence-corrected chi connectivity index (χ2v) is 4.11. The van der Waals surface area contributed by atoms with Crippen molar-refractivity contribution in [1.29, 1.82) is 0 Å². The molecule has 0 fully saturated rings. The number of ether oxygens (including phenoxy) is 1. The first-order valence-corrected chi connectivity index (χ1v) is 5.58. The fraction of sp³-hybridized carbons (Fsp3) is 0.273. The van der Waals surface area contributed by atoms with E-state index in [0.717, 1.165) is 5.75 Å².